The second-order valence-corrected chi connectivity index (χ2v) is 6.47. The number of benzene rings is 2. The molecule has 5 heteroatoms. The number of anilines is 3. The van der Waals surface area contributed by atoms with Gasteiger partial charge in [0.15, 0.2) is 0 Å². The molecule has 1 aliphatic heterocycles. The number of nitrogens with one attached hydrogen (secondary N) is 1. The topological polar surface area (TPSA) is 58.1 Å². The summed E-state index contributed by atoms with van der Waals surface area (Å²) >= 11 is 0. The highest BCUT2D eigenvalue weighted by Crippen LogP contribution is 2.27. The number of rotatable bonds is 3. The highest BCUT2D eigenvalue weighted by atomic mass is 16.2. The Morgan fingerprint density at radius 3 is 2.77 bits per heavy atom. The zero-order valence-corrected chi connectivity index (χ0v) is 14.6. The lowest BCUT2D eigenvalue weighted by Gasteiger charge is -2.29. The van der Waals surface area contributed by atoms with Crippen molar-refractivity contribution >= 4 is 23.1 Å². The molecule has 1 amide bonds. The Hall–Kier alpha value is -3.21. The molecule has 0 bridgehead atoms. The fourth-order valence-corrected chi connectivity index (χ4v) is 3.26. The monoisotopic (exact) mass is 344 g/mol. The summed E-state index contributed by atoms with van der Waals surface area (Å²) in [5.74, 6) is 0.512. The second kappa shape index (κ2) is 6.96. The lowest BCUT2D eigenvalue weighted by molar-refractivity contribution is 0.0980. The van der Waals surface area contributed by atoms with E-state index < -0.39 is 0 Å². The van der Waals surface area contributed by atoms with Crippen molar-refractivity contribution in [1.82, 2.24) is 9.97 Å². The number of carbonyl (C=O) groups excluding carboxylic acids is 1. The normalized spacial score (nSPS) is 13.2. The van der Waals surface area contributed by atoms with Crippen LogP contribution in [0.5, 0.6) is 0 Å². The molecular weight excluding hydrogens is 324 g/mol. The van der Waals surface area contributed by atoms with Crippen molar-refractivity contribution in [3.05, 3.63) is 77.7 Å². The minimum atomic E-state index is -0.105. The van der Waals surface area contributed by atoms with Crippen LogP contribution in [-0.4, -0.2) is 22.4 Å². The third-order valence-electron chi connectivity index (χ3n) is 4.52. The lowest BCUT2D eigenvalue weighted by atomic mass is 10.0. The molecule has 0 atom stereocenters. The van der Waals surface area contributed by atoms with Crippen molar-refractivity contribution in [1.29, 1.82) is 0 Å². The molecule has 0 fully saturated rings. The standard InChI is InChI=1S/C21H20N4O/c1-15-6-4-9-17(12-15)24-20-14-22-18(13-23-20)21(26)25-11-5-8-16-7-2-3-10-19(16)25/h2-4,6-7,9-10,12-14H,5,8,11H2,1H3,(H,23,24). The summed E-state index contributed by atoms with van der Waals surface area (Å²) in [6.07, 6.45) is 5.11. The molecule has 1 aliphatic rings. The fraction of sp³-hybridized carbons (Fsp3) is 0.190. The van der Waals surface area contributed by atoms with E-state index in [4.69, 9.17) is 0 Å². The van der Waals surface area contributed by atoms with Crippen LogP contribution in [0.2, 0.25) is 0 Å². The molecule has 5 nitrogen and oxygen atoms in total. The van der Waals surface area contributed by atoms with Gasteiger partial charge in [0.2, 0.25) is 0 Å². The van der Waals surface area contributed by atoms with E-state index in [9.17, 15) is 4.79 Å². The molecule has 130 valence electrons. The van der Waals surface area contributed by atoms with E-state index in [-0.39, 0.29) is 5.91 Å². The molecule has 1 N–H and O–H groups in total. The average molecular weight is 344 g/mol. The quantitative estimate of drug-likeness (QED) is 0.776. The van der Waals surface area contributed by atoms with E-state index in [1.54, 1.807) is 11.1 Å². The van der Waals surface area contributed by atoms with Gasteiger partial charge in [-0.25, -0.2) is 9.97 Å². The highest BCUT2D eigenvalue weighted by Gasteiger charge is 2.24. The molecule has 0 saturated carbocycles. The van der Waals surface area contributed by atoms with Crippen LogP contribution in [-0.2, 0) is 6.42 Å². The number of fused-ring (bicyclic) bond motifs is 1. The first-order chi connectivity index (χ1) is 12.7. The number of aryl methyl sites for hydroxylation is 2. The largest absolute Gasteiger partial charge is 0.339 e. The fourth-order valence-electron chi connectivity index (χ4n) is 3.26. The van der Waals surface area contributed by atoms with Crippen molar-refractivity contribution in [2.24, 2.45) is 0 Å². The Balaban J connectivity index is 1.53. The lowest BCUT2D eigenvalue weighted by Crippen LogP contribution is -2.36. The molecule has 26 heavy (non-hydrogen) atoms. The summed E-state index contributed by atoms with van der Waals surface area (Å²) in [7, 11) is 0. The number of carbonyl (C=O) groups is 1. The van der Waals surface area contributed by atoms with Crippen molar-refractivity contribution < 1.29 is 4.79 Å². The van der Waals surface area contributed by atoms with Gasteiger partial charge in [0.1, 0.15) is 11.5 Å². The molecule has 0 saturated heterocycles. The number of hydrogen-bond acceptors (Lipinski definition) is 4. The zero-order valence-electron chi connectivity index (χ0n) is 14.6. The van der Waals surface area contributed by atoms with Crippen molar-refractivity contribution in [2.45, 2.75) is 19.8 Å². The van der Waals surface area contributed by atoms with Gasteiger partial charge in [0.25, 0.3) is 5.91 Å². The Labute approximate surface area is 152 Å². The molecule has 0 aliphatic carbocycles. The van der Waals surface area contributed by atoms with Crippen LogP contribution in [0.3, 0.4) is 0 Å². The van der Waals surface area contributed by atoms with Crippen LogP contribution in [0.25, 0.3) is 0 Å². The maximum Gasteiger partial charge on any atom is 0.278 e. The van der Waals surface area contributed by atoms with Crippen molar-refractivity contribution in [3.63, 3.8) is 0 Å². The summed E-state index contributed by atoms with van der Waals surface area (Å²) in [4.78, 5) is 23.4. The summed E-state index contributed by atoms with van der Waals surface area (Å²) in [5, 5.41) is 3.21. The van der Waals surface area contributed by atoms with Gasteiger partial charge < -0.3 is 10.2 Å². The van der Waals surface area contributed by atoms with Crippen LogP contribution in [0.15, 0.2) is 60.9 Å². The number of hydrogen-bond donors (Lipinski definition) is 1. The summed E-state index contributed by atoms with van der Waals surface area (Å²) in [6, 6.07) is 16.1. The second-order valence-electron chi connectivity index (χ2n) is 6.47. The number of aromatic nitrogens is 2. The molecule has 4 rings (SSSR count). The predicted octanol–water partition coefficient (Wildman–Crippen LogP) is 4.12. The van der Waals surface area contributed by atoms with E-state index in [1.807, 2.05) is 49.4 Å². The van der Waals surface area contributed by atoms with Crippen LogP contribution in [0.1, 0.15) is 28.0 Å². The van der Waals surface area contributed by atoms with Crippen LogP contribution in [0.4, 0.5) is 17.2 Å². The third kappa shape index (κ3) is 3.28. The van der Waals surface area contributed by atoms with Crippen LogP contribution >= 0.6 is 0 Å². The molecule has 0 unspecified atom stereocenters. The van der Waals surface area contributed by atoms with E-state index in [0.717, 1.165) is 24.2 Å². The van der Waals surface area contributed by atoms with E-state index in [2.05, 4.69) is 21.4 Å². The summed E-state index contributed by atoms with van der Waals surface area (Å²) < 4.78 is 0. The zero-order chi connectivity index (χ0) is 17.9. The van der Waals surface area contributed by atoms with Gasteiger partial charge in [0.05, 0.1) is 12.4 Å². The number of amides is 1. The maximum atomic E-state index is 12.9. The third-order valence-corrected chi connectivity index (χ3v) is 4.52. The summed E-state index contributed by atoms with van der Waals surface area (Å²) in [6.45, 7) is 2.75. The highest BCUT2D eigenvalue weighted by molar-refractivity contribution is 6.05. The van der Waals surface area contributed by atoms with E-state index in [0.29, 0.717) is 18.1 Å². The summed E-state index contributed by atoms with van der Waals surface area (Å²) in [5.41, 5.74) is 4.66. The Morgan fingerprint density at radius 1 is 1.08 bits per heavy atom. The minimum Gasteiger partial charge on any atom is -0.339 e. The average Bonchev–Trinajstić information content (AvgIpc) is 2.68. The van der Waals surface area contributed by atoms with Gasteiger partial charge >= 0.3 is 0 Å². The molecule has 3 aromatic rings. The first-order valence-electron chi connectivity index (χ1n) is 8.76. The van der Waals surface area contributed by atoms with E-state index >= 15 is 0 Å². The van der Waals surface area contributed by atoms with Crippen molar-refractivity contribution in [2.75, 3.05) is 16.8 Å². The first-order valence-corrected chi connectivity index (χ1v) is 8.76. The van der Waals surface area contributed by atoms with Gasteiger partial charge in [-0.1, -0.05) is 30.3 Å². The van der Waals surface area contributed by atoms with Gasteiger partial charge in [-0.15, -0.1) is 0 Å². The van der Waals surface area contributed by atoms with Crippen LogP contribution in [0, 0.1) is 6.92 Å². The van der Waals surface area contributed by atoms with Gasteiger partial charge in [-0.2, -0.15) is 0 Å². The van der Waals surface area contributed by atoms with E-state index in [1.165, 1.54) is 17.3 Å². The molecular formula is C21H20N4O. The smallest absolute Gasteiger partial charge is 0.278 e. The van der Waals surface area contributed by atoms with Gasteiger partial charge in [-0.05, 0) is 49.1 Å². The van der Waals surface area contributed by atoms with Gasteiger partial charge in [0, 0.05) is 17.9 Å². The Morgan fingerprint density at radius 2 is 1.96 bits per heavy atom. The van der Waals surface area contributed by atoms with Crippen LogP contribution < -0.4 is 10.2 Å². The number of nitrogens with zero attached hydrogens (tertiary/aromatic N) is 3. The molecule has 0 spiro atoms. The Bertz CT molecular complexity index is 937. The molecule has 2 aromatic carbocycles. The molecule has 0 radical (unpaired) electrons. The van der Waals surface area contributed by atoms with Gasteiger partial charge in [-0.3, -0.25) is 4.79 Å². The minimum absolute atomic E-state index is 0.105. The Kier molecular flexibility index (Phi) is 4.35. The predicted molar refractivity (Wildman–Crippen MR) is 103 cm³/mol. The molecule has 1 aromatic heterocycles. The number of para-hydroxylation sites is 1. The SMILES string of the molecule is Cc1cccc(Nc2cnc(C(=O)N3CCCc4ccccc43)cn2)c1. The first kappa shape index (κ1) is 16.3. The maximum absolute atomic E-state index is 12.9. The molecule has 2 heterocycles. The van der Waals surface area contributed by atoms with Crippen molar-refractivity contribution in [3.8, 4) is 0 Å².